The number of carbonyl (C=O) groups is 1. The van der Waals surface area contributed by atoms with Gasteiger partial charge in [0, 0.05) is 13.7 Å². The smallest absolute Gasteiger partial charge is 0.119 e. The fraction of sp³-hybridized carbons (Fsp3) is 0.296. The van der Waals surface area contributed by atoms with Crippen LogP contribution in [0.2, 0.25) is 0 Å². The van der Waals surface area contributed by atoms with Gasteiger partial charge < -0.3 is 14.6 Å². The van der Waals surface area contributed by atoms with Crippen LogP contribution in [0.25, 0.3) is 0 Å². The van der Waals surface area contributed by atoms with Crippen LogP contribution in [-0.4, -0.2) is 18.0 Å². The number of aryl methyl sites for hydroxylation is 1. The first-order valence-corrected chi connectivity index (χ1v) is 10.6. The van der Waals surface area contributed by atoms with Crippen molar-refractivity contribution in [2.45, 2.75) is 43.9 Å². The van der Waals surface area contributed by atoms with Gasteiger partial charge in [-0.25, -0.2) is 0 Å². The number of ether oxygens (including phenoxy) is 1. The molecule has 154 valence electrons. The maximum atomic E-state index is 10.5. The molecule has 0 saturated carbocycles. The number of fused-ring (bicyclic) bond motifs is 1. The molecule has 0 aromatic heterocycles. The van der Waals surface area contributed by atoms with Crippen molar-refractivity contribution in [1.29, 1.82) is 0 Å². The Hall–Kier alpha value is -3.07. The average Bonchev–Trinajstić information content (AvgIpc) is 2.81. The minimum atomic E-state index is -0.398. The number of aromatic hydroxyl groups is 1. The van der Waals surface area contributed by atoms with E-state index in [2.05, 4.69) is 42.5 Å². The van der Waals surface area contributed by atoms with Crippen molar-refractivity contribution in [1.82, 2.24) is 0 Å². The summed E-state index contributed by atoms with van der Waals surface area (Å²) >= 11 is 0. The van der Waals surface area contributed by atoms with E-state index in [1.54, 1.807) is 6.07 Å². The van der Waals surface area contributed by atoms with Crippen LogP contribution in [0.5, 0.6) is 11.5 Å². The molecule has 0 radical (unpaired) electrons. The second kappa shape index (κ2) is 9.62. The van der Waals surface area contributed by atoms with Crippen molar-refractivity contribution in [2.75, 3.05) is 6.61 Å². The fourth-order valence-corrected chi connectivity index (χ4v) is 4.47. The lowest BCUT2D eigenvalue weighted by Gasteiger charge is -2.34. The Morgan fingerprint density at radius 2 is 1.83 bits per heavy atom. The number of benzene rings is 3. The van der Waals surface area contributed by atoms with Crippen molar-refractivity contribution >= 4 is 6.29 Å². The highest BCUT2D eigenvalue weighted by molar-refractivity contribution is 5.49. The van der Waals surface area contributed by atoms with Gasteiger partial charge in [-0.2, -0.15) is 0 Å². The van der Waals surface area contributed by atoms with Gasteiger partial charge in [0.1, 0.15) is 17.8 Å². The first-order valence-electron chi connectivity index (χ1n) is 11.2. The second-order valence-corrected chi connectivity index (χ2v) is 7.83. The molecule has 1 N–H and O–H groups in total. The third-order valence-corrected chi connectivity index (χ3v) is 5.91. The fourth-order valence-electron chi connectivity index (χ4n) is 4.47. The molecule has 4 rings (SSSR count). The standard InChI is InChI=1S/C27H28O3/c28-17-5-2-6-18-30-24-13-9-21(10-14-24)27-25(20-7-3-1-4-8-20)15-11-22-19-23(29)12-16-26(22)27/h1,3-4,7-10,12-14,16-17,19,25,27,29H,2,5-6,11,15,18H2/t25-,27+/m1/s1/i6D/t6?,25-,27+. The van der Waals surface area contributed by atoms with Crippen molar-refractivity contribution in [3.05, 3.63) is 95.1 Å². The molecule has 0 bridgehead atoms. The van der Waals surface area contributed by atoms with Crippen molar-refractivity contribution in [3.8, 4) is 11.5 Å². The summed E-state index contributed by atoms with van der Waals surface area (Å²) in [5, 5.41) is 9.97. The molecule has 1 unspecified atom stereocenters. The summed E-state index contributed by atoms with van der Waals surface area (Å²) in [5.41, 5.74) is 5.03. The molecule has 1 aliphatic rings. The van der Waals surface area contributed by atoms with Crippen LogP contribution < -0.4 is 4.74 Å². The molecular weight excluding hydrogens is 372 g/mol. The monoisotopic (exact) mass is 401 g/mol. The number of phenols is 1. The predicted molar refractivity (Wildman–Crippen MR) is 119 cm³/mol. The number of hydrogen-bond donors (Lipinski definition) is 1. The molecule has 30 heavy (non-hydrogen) atoms. The van der Waals surface area contributed by atoms with Gasteiger partial charge >= 0.3 is 0 Å². The molecule has 0 amide bonds. The van der Waals surface area contributed by atoms with E-state index in [1.165, 1.54) is 22.3 Å². The SMILES string of the molecule is [2H]C(CCC=O)COc1ccc([C@@H]2c3ccc(O)cc3CC[C@@H]2c2ccccc2)cc1. The molecule has 0 aliphatic heterocycles. The Labute approximate surface area is 179 Å². The molecule has 3 nitrogen and oxygen atoms in total. The summed E-state index contributed by atoms with van der Waals surface area (Å²) in [4.78, 5) is 10.5. The highest BCUT2D eigenvalue weighted by Crippen LogP contribution is 2.47. The Bertz CT molecular complexity index is 1000. The molecule has 3 aromatic carbocycles. The number of aldehydes is 1. The van der Waals surface area contributed by atoms with Crippen molar-refractivity contribution in [2.24, 2.45) is 0 Å². The van der Waals surface area contributed by atoms with Crippen LogP contribution in [0, 0.1) is 0 Å². The number of rotatable bonds is 8. The zero-order valence-corrected chi connectivity index (χ0v) is 17.0. The van der Waals surface area contributed by atoms with Crippen LogP contribution in [0.3, 0.4) is 0 Å². The molecule has 0 heterocycles. The van der Waals surface area contributed by atoms with Crippen LogP contribution in [0.4, 0.5) is 0 Å². The third-order valence-electron chi connectivity index (χ3n) is 5.91. The van der Waals surface area contributed by atoms with Gasteiger partial charge in [-0.05, 0) is 78.1 Å². The van der Waals surface area contributed by atoms with Gasteiger partial charge in [0.15, 0.2) is 0 Å². The minimum absolute atomic E-state index is 0.206. The lowest BCUT2D eigenvalue weighted by Crippen LogP contribution is -2.20. The van der Waals surface area contributed by atoms with E-state index >= 15 is 0 Å². The van der Waals surface area contributed by atoms with E-state index in [0.29, 0.717) is 24.5 Å². The molecule has 0 fully saturated rings. The van der Waals surface area contributed by atoms with Gasteiger partial charge in [0.25, 0.3) is 0 Å². The van der Waals surface area contributed by atoms with Crippen LogP contribution in [0.1, 0.15) is 61.1 Å². The summed E-state index contributed by atoms with van der Waals surface area (Å²) in [6, 6.07) is 24.6. The summed E-state index contributed by atoms with van der Waals surface area (Å²) in [6.07, 6.45) is 3.35. The number of phenolic OH excluding ortho intramolecular Hbond substituents is 1. The minimum Gasteiger partial charge on any atom is -0.508 e. The number of hydrogen-bond acceptors (Lipinski definition) is 3. The zero-order chi connectivity index (χ0) is 21.6. The largest absolute Gasteiger partial charge is 0.508 e. The highest BCUT2D eigenvalue weighted by atomic mass is 16.5. The summed E-state index contributed by atoms with van der Waals surface area (Å²) in [7, 11) is 0. The van der Waals surface area contributed by atoms with E-state index < -0.39 is 6.40 Å². The molecule has 3 atom stereocenters. The summed E-state index contributed by atoms with van der Waals surface area (Å²) in [5.74, 6) is 1.63. The van der Waals surface area contributed by atoms with E-state index in [0.717, 1.165) is 24.9 Å². The lowest BCUT2D eigenvalue weighted by molar-refractivity contribution is -0.107. The van der Waals surface area contributed by atoms with E-state index in [9.17, 15) is 9.90 Å². The second-order valence-electron chi connectivity index (χ2n) is 7.83. The summed E-state index contributed by atoms with van der Waals surface area (Å²) < 4.78 is 13.7. The lowest BCUT2D eigenvalue weighted by atomic mass is 9.69. The van der Waals surface area contributed by atoms with Crippen LogP contribution in [-0.2, 0) is 11.2 Å². The molecule has 3 aromatic rings. The maximum absolute atomic E-state index is 10.5. The average molecular weight is 402 g/mol. The van der Waals surface area contributed by atoms with Crippen LogP contribution >= 0.6 is 0 Å². The Morgan fingerprint density at radius 3 is 2.60 bits per heavy atom. The number of carbonyl (C=O) groups excluding carboxylic acids is 1. The topological polar surface area (TPSA) is 46.5 Å². The molecular formula is C27H28O3. The maximum Gasteiger partial charge on any atom is 0.119 e. The van der Waals surface area contributed by atoms with Gasteiger partial charge in [-0.15, -0.1) is 0 Å². The van der Waals surface area contributed by atoms with E-state index in [1.807, 2.05) is 24.3 Å². The summed E-state index contributed by atoms with van der Waals surface area (Å²) in [6.45, 7) is 0.283. The van der Waals surface area contributed by atoms with Gasteiger partial charge in [-0.1, -0.05) is 48.5 Å². The Morgan fingerprint density at radius 1 is 1.03 bits per heavy atom. The predicted octanol–water partition coefficient (Wildman–Crippen LogP) is 6.00. The quantitative estimate of drug-likeness (QED) is 0.471. The van der Waals surface area contributed by atoms with Gasteiger partial charge in [-0.3, -0.25) is 0 Å². The normalized spacial score (nSPS) is 19.4. The van der Waals surface area contributed by atoms with E-state index in [4.69, 9.17) is 6.11 Å². The first kappa shape index (κ1) is 18.9. The molecule has 3 heteroatoms. The van der Waals surface area contributed by atoms with Crippen LogP contribution in [0.15, 0.2) is 72.8 Å². The third kappa shape index (κ3) is 4.56. The molecule has 1 aliphatic carbocycles. The van der Waals surface area contributed by atoms with Gasteiger partial charge in [0.2, 0.25) is 0 Å². The molecule has 0 saturated heterocycles. The first-order chi connectivity index (χ1) is 15.2. The highest BCUT2D eigenvalue weighted by Gasteiger charge is 2.32. The van der Waals surface area contributed by atoms with Crippen molar-refractivity contribution in [3.63, 3.8) is 0 Å². The zero-order valence-electron chi connectivity index (χ0n) is 18.0. The Kier molecular flexibility index (Phi) is 6.07. The van der Waals surface area contributed by atoms with Gasteiger partial charge in [0.05, 0.1) is 6.61 Å². The Balaban J connectivity index is 1.59. The van der Waals surface area contributed by atoms with Crippen molar-refractivity contribution < 1.29 is 16.0 Å². The van der Waals surface area contributed by atoms with E-state index in [-0.39, 0.29) is 12.5 Å². The molecule has 0 spiro atoms.